The van der Waals surface area contributed by atoms with Crippen molar-refractivity contribution in [1.29, 1.82) is 0 Å². The van der Waals surface area contributed by atoms with Crippen LogP contribution in [0.1, 0.15) is 40.9 Å². The summed E-state index contributed by atoms with van der Waals surface area (Å²) in [5.41, 5.74) is 5.95. The van der Waals surface area contributed by atoms with Gasteiger partial charge in [-0.25, -0.2) is 4.39 Å². The predicted octanol–water partition coefficient (Wildman–Crippen LogP) is 5.52. The third kappa shape index (κ3) is 4.10. The van der Waals surface area contributed by atoms with E-state index in [0.717, 1.165) is 63.5 Å². The quantitative estimate of drug-likeness (QED) is 0.418. The lowest BCUT2D eigenvalue weighted by Crippen LogP contribution is -2.16. The molecule has 0 amide bonds. The number of benzene rings is 2. The zero-order valence-corrected chi connectivity index (χ0v) is 19.2. The van der Waals surface area contributed by atoms with Crippen LogP contribution in [0.3, 0.4) is 0 Å². The van der Waals surface area contributed by atoms with Gasteiger partial charge >= 0.3 is 0 Å². The number of nitrogens with one attached hydrogen (secondary N) is 1. The first-order valence-electron chi connectivity index (χ1n) is 10.9. The maximum atomic E-state index is 13.8. The fourth-order valence-corrected chi connectivity index (χ4v) is 4.50. The molecule has 32 heavy (non-hydrogen) atoms. The van der Waals surface area contributed by atoms with Crippen LogP contribution in [-0.2, 0) is 0 Å². The second-order valence-corrected chi connectivity index (χ2v) is 8.18. The lowest BCUT2D eigenvalue weighted by molar-refractivity contribution is 0.194. The molecule has 0 unspecified atom stereocenters. The summed E-state index contributed by atoms with van der Waals surface area (Å²) < 4.78 is 22.4. The molecule has 0 saturated carbocycles. The van der Waals surface area contributed by atoms with Gasteiger partial charge in [0.1, 0.15) is 17.7 Å². The molecule has 6 heteroatoms. The molecule has 4 aromatic rings. The standard InChI is InChI=1S/C26H29FN4O/c1-16-25-18(3)31(19(4)26(25)17(2)30-29-16)22-10-7-11-23(15-22)32-24(12-13-28-5)20-8-6-9-21(27)14-20/h6-11,14-15,24,28H,12-13H2,1-5H3/t24-/m0/s1. The van der Waals surface area contributed by atoms with Gasteiger partial charge in [-0.2, -0.15) is 10.2 Å². The van der Waals surface area contributed by atoms with Crippen LogP contribution >= 0.6 is 0 Å². The molecule has 0 aliphatic rings. The number of rotatable bonds is 7. The number of hydrogen-bond donors (Lipinski definition) is 1. The van der Waals surface area contributed by atoms with Crippen molar-refractivity contribution in [3.8, 4) is 11.4 Å². The first-order chi connectivity index (χ1) is 15.4. The van der Waals surface area contributed by atoms with Gasteiger partial charge in [-0.15, -0.1) is 0 Å². The number of fused-ring (bicyclic) bond motifs is 1. The van der Waals surface area contributed by atoms with Crippen LogP contribution in [0.15, 0.2) is 48.5 Å². The van der Waals surface area contributed by atoms with Crippen LogP contribution in [0.25, 0.3) is 16.5 Å². The van der Waals surface area contributed by atoms with Crippen LogP contribution in [0, 0.1) is 33.5 Å². The topological polar surface area (TPSA) is 52.0 Å². The first-order valence-corrected chi connectivity index (χ1v) is 10.9. The highest BCUT2D eigenvalue weighted by atomic mass is 19.1. The van der Waals surface area contributed by atoms with E-state index in [0.29, 0.717) is 0 Å². The Bertz CT molecular complexity index is 1220. The number of ether oxygens (including phenoxy) is 1. The summed E-state index contributed by atoms with van der Waals surface area (Å²) in [4.78, 5) is 0. The normalized spacial score (nSPS) is 12.3. The summed E-state index contributed by atoms with van der Waals surface area (Å²) in [6, 6.07) is 14.7. The number of hydrogen-bond acceptors (Lipinski definition) is 4. The van der Waals surface area contributed by atoms with E-state index in [9.17, 15) is 4.39 Å². The Balaban J connectivity index is 1.74. The maximum absolute atomic E-state index is 13.8. The van der Waals surface area contributed by atoms with Crippen molar-refractivity contribution in [2.24, 2.45) is 0 Å². The molecule has 0 fully saturated rings. The zero-order chi connectivity index (χ0) is 22.8. The van der Waals surface area contributed by atoms with Crippen LogP contribution in [0.4, 0.5) is 4.39 Å². The Hall–Kier alpha value is -3.25. The van der Waals surface area contributed by atoms with Crippen molar-refractivity contribution < 1.29 is 9.13 Å². The average molecular weight is 433 g/mol. The molecule has 4 rings (SSSR count). The maximum Gasteiger partial charge on any atom is 0.125 e. The van der Waals surface area contributed by atoms with E-state index in [2.05, 4.69) is 40.0 Å². The van der Waals surface area contributed by atoms with E-state index in [1.54, 1.807) is 12.1 Å². The van der Waals surface area contributed by atoms with Gasteiger partial charge in [0.2, 0.25) is 0 Å². The smallest absolute Gasteiger partial charge is 0.125 e. The van der Waals surface area contributed by atoms with E-state index in [1.807, 2.05) is 45.2 Å². The van der Waals surface area contributed by atoms with Gasteiger partial charge < -0.3 is 14.6 Å². The number of aromatic nitrogens is 3. The zero-order valence-electron chi connectivity index (χ0n) is 19.2. The van der Waals surface area contributed by atoms with E-state index < -0.39 is 0 Å². The van der Waals surface area contributed by atoms with Crippen molar-refractivity contribution in [2.45, 2.75) is 40.2 Å². The van der Waals surface area contributed by atoms with Crippen molar-refractivity contribution in [3.63, 3.8) is 0 Å². The Morgan fingerprint density at radius 2 is 1.59 bits per heavy atom. The SMILES string of the molecule is CNCC[C@H](Oc1cccc(-n2c(C)c3c(C)nnc(C)c3c2C)c1)c1cccc(F)c1. The molecule has 1 atom stereocenters. The molecule has 0 spiro atoms. The van der Waals surface area contributed by atoms with Crippen molar-refractivity contribution >= 4 is 10.8 Å². The Labute approximate surface area is 188 Å². The summed E-state index contributed by atoms with van der Waals surface area (Å²) in [5.74, 6) is 0.488. The summed E-state index contributed by atoms with van der Waals surface area (Å²) in [5, 5.41) is 14.1. The number of nitrogens with zero attached hydrogens (tertiary/aromatic N) is 3. The van der Waals surface area contributed by atoms with Crippen molar-refractivity contribution in [2.75, 3.05) is 13.6 Å². The predicted molar refractivity (Wildman–Crippen MR) is 126 cm³/mol. The molecule has 0 bridgehead atoms. The van der Waals surface area contributed by atoms with Gasteiger partial charge in [0.15, 0.2) is 0 Å². The van der Waals surface area contributed by atoms with E-state index in [-0.39, 0.29) is 11.9 Å². The van der Waals surface area contributed by atoms with Gasteiger partial charge in [0.25, 0.3) is 0 Å². The van der Waals surface area contributed by atoms with Crippen molar-refractivity contribution in [3.05, 3.63) is 82.7 Å². The Morgan fingerprint density at radius 3 is 2.22 bits per heavy atom. The summed E-state index contributed by atoms with van der Waals surface area (Å²) >= 11 is 0. The van der Waals surface area contributed by atoms with E-state index in [4.69, 9.17) is 4.74 Å². The average Bonchev–Trinajstić information content (AvgIpc) is 3.05. The lowest BCUT2D eigenvalue weighted by Gasteiger charge is -2.21. The van der Waals surface area contributed by atoms with Gasteiger partial charge in [-0.05, 0) is 71.1 Å². The highest BCUT2D eigenvalue weighted by Crippen LogP contribution is 2.33. The van der Waals surface area contributed by atoms with Gasteiger partial charge in [-0.1, -0.05) is 18.2 Å². The van der Waals surface area contributed by atoms with Crippen LogP contribution in [0.2, 0.25) is 0 Å². The fraction of sp³-hybridized carbons (Fsp3) is 0.308. The summed E-state index contributed by atoms with van der Waals surface area (Å²) in [6.07, 6.45) is 0.475. The monoisotopic (exact) mass is 432 g/mol. The molecule has 0 radical (unpaired) electrons. The molecular weight excluding hydrogens is 403 g/mol. The molecule has 5 nitrogen and oxygen atoms in total. The van der Waals surface area contributed by atoms with Gasteiger partial charge in [0.05, 0.1) is 11.4 Å². The number of aryl methyl sites for hydroxylation is 4. The minimum Gasteiger partial charge on any atom is -0.486 e. The minimum absolute atomic E-state index is 0.253. The Morgan fingerprint density at radius 1 is 0.938 bits per heavy atom. The summed E-state index contributed by atoms with van der Waals surface area (Å²) in [6.45, 7) is 8.98. The van der Waals surface area contributed by atoms with Crippen LogP contribution in [0.5, 0.6) is 5.75 Å². The van der Waals surface area contributed by atoms with Crippen LogP contribution in [-0.4, -0.2) is 28.4 Å². The Kier molecular flexibility index (Phi) is 6.24. The third-order valence-electron chi connectivity index (χ3n) is 5.95. The number of halogens is 1. The molecule has 1 N–H and O–H groups in total. The third-order valence-corrected chi connectivity index (χ3v) is 5.95. The lowest BCUT2D eigenvalue weighted by atomic mass is 10.1. The fourth-order valence-electron chi connectivity index (χ4n) is 4.50. The van der Waals surface area contributed by atoms with Crippen LogP contribution < -0.4 is 10.1 Å². The van der Waals surface area contributed by atoms with Crippen molar-refractivity contribution in [1.82, 2.24) is 20.1 Å². The molecule has 0 aliphatic heterocycles. The molecular formula is C26H29FN4O. The minimum atomic E-state index is -0.257. The largest absolute Gasteiger partial charge is 0.486 e. The molecule has 0 aliphatic carbocycles. The molecule has 2 heterocycles. The second kappa shape index (κ2) is 9.09. The molecule has 0 saturated heterocycles. The van der Waals surface area contributed by atoms with E-state index >= 15 is 0 Å². The molecule has 2 aromatic carbocycles. The van der Waals surface area contributed by atoms with Gasteiger partial charge in [-0.3, -0.25) is 0 Å². The summed E-state index contributed by atoms with van der Waals surface area (Å²) in [7, 11) is 1.90. The van der Waals surface area contributed by atoms with E-state index in [1.165, 1.54) is 6.07 Å². The first kappa shape index (κ1) is 22.0. The highest BCUT2D eigenvalue weighted by Gasteiger charge is 2.19. The highest BCUT2D eigenvalue weighted by molar-refractivity contribution is 5.92. The molecule has 166 valence electrons. The van der Waals surface area contributed by atoms with Gasteiger partial charge in [0, 0.05) is 40.3 Å². The molecule has 2 aromatic heterocycles. The second-order valence-electron chi connectivity index (χ2n) is 8.18.